The Bertz CT molecular complexity index is 486. The predicted molar refractivity (Wildman–Crippen MR) is 65.2 cm³/mol. The van der Waals surface area contributed by atoms with E-state index in [-0.39, 0.29) is 0 Å². The Labute approximate surface area is 91.2 Å². The third-order valence-corrected chi connectivity index (χ3v) is 2.82. The van der Waals surface area contributed by atoms with Crippen LogP contribution >= 0.6 is 0 Å². The summed E-state index contributed by atoms with van der Waals surface area (Å²) in [4.78, 5) is 4.67. The summed E-state index contributed by atoms with van der Waals surface area (Å²) in [6.45, 7) is 6.46. The van der Waals surface area contributed by atoms with Gasteiger partial charge in [-0.2, -0.15) is 0 Å². The van der Waals surface area contributed by atoms with Crippen LogP contribution in [0.1, 0.15) is 30.8 Å². The molecular weight excluding hydrogens is 182 g/mol. The molecule has 15 heavy (non-hydrogen) atoms. The van der Waals surface area contributed by atoms with E-state index < -0.39 is 0 Å². The number of nitrogens with zero attached hydrogens (tertiary/aromatic N) is 1. The molecule has 0 unspecified atom stereocenters. The fourth-order valence-corrected chi connectivity index (χ4v) is 1.96. The fourth-order valence-electron chi connectivity index (χ4n) is 1.96. The summed E-state index contributed by atoms with van der Waals surface area (Å²) in [7, 11) is 0. The number of fused-ring (bicyclic) bond motifs is 1. The van der Waals surface area contributed by atoms with Gasteiger partial charge in [0.2, 0.25) is 0 Å². The standard InChI is InChI=1S/C14H17N/c1-4-12-9-11-8-10(3)6-7-13(11)14(5-2)15-12/h6-9H,4-5H2,1-3H3. The Morgan fingerprint density at radius 1 is 1.07 bits per heavy atom. The molecule has 2 aromatic rings. The van der Waals surface area contributed by atoms with Crippen LogP contribution in [-0.4, -0.2) is 4.98 Å². The molecule has 1 aromatic heterocycles. The summed E-state index contributed by atoms with van der Waals surface area (Å²) in [5.41, 5.74) is 3.74. The van der Waals surface area contributed by atoms with Crippen LogP contribution in [0.2, 0.25) is 0 Å². The largest absolute Gasteiger partial charge is 0.257 e. The number of hydrogen-bond acceptors (Lipinski definition) is 1. The lowest BCUT2D eigenvalue weighted by atomic mass is 10.0. The molecule has 2 rings (SSSR count). The van der Waals surface area contributed by atoms with Crippen molar-refractivity contribution in [2.45, 2.75) is 33.6 Å². The van der Waals surface area contributed by atoms with Gasteiger partial charge in [0.05, 0.1) is 0 Å². The molecular formula is C14H17N. The van der Waals surface area contributed by atoms with Gasteiger partial charge in [0.15, 0.2) is 0 Å². The summed E-state index contributed by atoms with van der Waals surface area (Å²) in [6.07, 6.45) is 2.02. The minimum Gasteiger partial charge on any atom is -0.257 e. The van der Waals surface area contributed by atoms with Crippen molar-refractivity contribution in [3.63, 3.8) is 0 Å². The van der Waals surface area contributed by atoms with Crippen molar-refractivity contribution >= 4 is 10.8 Å². The third-order valence-electron chi connectivity index (χ3n) is 2.82. The van der Waals surface area contributed by atoms with Gasteiger partial charge in [-0.05, 0) is 31.2 Å². The summed E-state index contributed by atoms with van der Waals surface area (Å²) >= 11 is 0. The van der Waals surface area contributed by atoms with E-state index in [1.165, 1.54) is 27.7 Å². The maximum atomic E-state index is 4.67. The van der Waals surface area contributed by atoms with Gasteiger partial charge in [0.25, 0.3) is 0 Å². The van der Waals surface area contributed by atoms with Crippen LogP contribution in [0.5, 0.6) is 0 Å². The first kappa shape index (κ1) is 10.2. The smallest absolute Gasteiger partial charge is 0.0482 e. The van der Waals surface area contributed by atoms with Crippen LogP contribution in [0.4, 0.5) is 0 Å². The van der Waals surface area contributed by atoms with Crippen molar-refractivity contribution in [2.24, 2.45) is 0 Å². The van der Waals surface area contributed by atoms with Gasteiger partial charge in [-0.1, -0.05) is 37.6 Å². The van der Waals surface area contributed by atoms with E-state index in [0.29, 0.717) is 0 Å². The Morgan fingerprint density at radius 2 is 1.87 bits per heavy atom. The van der Waals surface area contributed by atoms with Gasteiger partial charge >= 0.3 is 0 Å². The maximum Gasteiger partial charge on any atom is 0.0482 e. The van der Waals surface area contributed by atoms with Gasteiger partial charge in [-0.15, -0.1) is 0 Å². The fraction of sp³-hybridized carbons (Fsp3) is 0.357. The number of aryl methyl sites for hydroxylation is 3. The number of benzene rings is 1. The molecule has 0 spiro atoms. The molecule has 0 bridgehead atoms. The van der Waals surface area contributed by atoms with E-state index in [1.807, 2.05) is 0 Å². The quantitative estimate of drug-likeness (QED) is 0.719. The van der Waals surface area contributed by atoms with Gasteiger partial charge in [0.1, 0.15) is 0 Å². The second-order valence-electron chi connectivity index (χ2n) is 3.99. The molecule has 0 radical (unpaired) electrons. The summed E-state index contributed by atoms with van der Waals surface area (Å²) in [6, 6.07) is 8.81. The van der Waals surface area contributed by atoms with Crippen LogP contribution in [0, 0.1) is 6.92 Å². The van der Waals surface area contributed by atoms with Gasteiger partial charge in [-0.25, -0.2) is 0 Å². The number of aromatic nitrogens is 1. The number of pyridine rings is 1. The molecule has 0 saturated carbocycles. The van der Waals surface area contributed by atoms with Crippen LogP contribution in [0.25, 0.3) is 10.8 Å². The molecule has 1 nitrogen and oxygen atoms in total. The predicted octanol–water partition coefficient (Wildman–Crippen LogP) is 3.67. The molecule has 1 heterocycles. The van der Waals surface area contributed by atoms with Gasteiger partial charge in [0, 0.05) is 16.8 Å². The Morgan fingerprint density at radius 3 is 2.53 bits per heavy atom. The SMILES string of the molecule is CCc1cc2cc(C)ccc2c(CC)n1. The normalized spacial score (nSPS) is 10.9. The average molecular weight is 199 g/mol. The minimum atomic E-state index is 1.01. The monoisotopic (exact) mass is 199 g/mol. The summed E-state index contributed by atoms with van der Waals surface area (Å²) < 4.78 is 0. The first-order valence-electron chi connectivity index (χ1n) is 5.63. The van der Waals surface area contributed by atoms with Crippen molar-refractivity contribution in [1.82, 2.24) is 4.98 Å². The second kappa shape index (κ2) is 4.01. The van der Waals surface area contributed by atoms with E-state index >= 15 is 0 Å². The molecule has 0 atom stereocenters. The van der Waals surface area contributed by atoms with Crippen molar-refractivity contribution in [3.05, 3.63) is 41.2 Å². The maximum absolute atomic E-state index is 4.67. The summed E-state index contributed by atoms with van der Waals surface area (Å²) in [5, 5.41) is 2.64. The zero-order valence-electron chi connectivity index (χ0n) is 9.67. The zero-order chi connectivity index (χ0) is 10.8. The van der Waals surface area contributed by atoms with E-state index in [1.54, 1.807) is 0 Å². The van der Waals surface area contributed by atoms with Gasteiger partial charge in [-0.3, -0.25) is 4.98 Å². The Hall–Kier alpha value is -1.37. The molecule has 78 valence electrons. The average Bonchev–Trinajstić information content (AvgIpc) is 2.26. The minimum absolute atomic E-state index is 1.01. The van der Waals surface area contributed by atoms with E-state index in [2.05, 4.69) is 50.0 Å². The highest BCUT2D eigenvalue weighted by Crippen LogP contribution is 2.20. The first-order chi connectivity index (χ1) is 7.24. The highest BCUT2D eigenvalue weighted by atomic mass is 14.7. The molecule has 0 aliphatic heterocycles. The van der Waals surface area contributed by atoms with Crippen molar-refractivity contribution in [2.75, 3.05) is 0 Å². The lowest BCUT2D eigenvalue weighted by Crippen LogP contribution is -1.95. The van der Waals surface area contributed by atoms with Crippen molar-refractivity contribution in [1.29, 1.82) is 0 Å². The first-order valence-corrected chi connectivity index (χ1v) is 5.63. The molecule has 1 heteroatoms. The van der Waals surface area contributed by atoms with Crippen molar-refractivity contribution < 1.29 is 0 Å². The van der Waals surface area contributed by atoms with Crippen LogP contribution < -0.4 is 0 Å². The highest BCUT2D eigenvalue weighted by molar-refractivity contribution is 5.85. The molecule has 0 N–H and O–H groups in total. The van der Waals surface area contributed by atoms with E-state index in [4.69, 9.17) is 0 Å². The third kappa shape index (κ3) is 1.87. The highest BCUT2D eigenvalue weighted by Gasteiger charge is 2.03. The number of hydrogen-bond donors (Lipinski definition) is 0. The van der Waals surface area contributed by atoms with Gasteiger partial charge < -0.3 is 0 Å². The lowest BCUT2D eigenvalue weighted by Gasteiger charge is -2.07. The molecule has 0 fully saturated rings. The Balaban J connectivity index is 2.74. The van der Waals surface area contributed by atoms with E-state index in [0.717, 1.165) is 12.8 Å². The van der Waals surface area contributed by atoms with Crippen LogP contribution in [0.3, 0.4) is 0 Å². The van der Waals surface area contributed by atoms with Crippen molar-refractivity contribution in [3.8, 4) is 0 Å². The molecule has 0 aliphatic carbocycles. The number of rotatable bonds is 2. The molecule has 1 aromatic carbocycles. The molecule has 0 amide bonds. The molecule has 0 aliphatic rings. The molecule has 0 saturated heterocycles. The lowest BCUT2D eigenvalue weighted by molar-refractivity contribution is 0.971. The topological polar surface area (TPSA) is 12.9 Å². The second-order valence-corrected chi connectivity index (χ2v) is 3.99. The van der Waals surface area contributed by atoms with Crippen LogP contribution in [0.15, 0.2) is 24.3 Å². The summed E-state index contributed by atoms with van der Waals surface area (Å²) in [5.74, 6) is 0. The van der Waals surface area contributed by atoms with E-state index in [9.17, 15) is 0 Å². The van der Waals surface area contributed by atoms with Crippen LogP contribution in [-0.2, 0) is 12.8 Å². The Kier molecular flexibility index (Phi) is 2.72. The zero-order valence-corrected chi connectivity index (χ0v) is 9.67.